The summed E-state index contributed by atoms with van der Waals surface area (Å²) in [5.41, 5.74) is 6.98. The van der Waals surface area contributed by atoms with Crippen molar-refractivity contribution in [2.45, 2.75) is 163 Å². The lowest BCUT2D eigenvalue weighted by Crippen LogP contribution is -2.50. The van der Waals surface area contributed by atoms with Gasteiger partial charge in [0.15, 0.2) is 0 Å². The predicted molar refractivity (Wildman–Crippen MR) is 330 cm³/mol. The number of rotatable bonds is 10. The molecule has 2 fully saturated rings. The first-order chi connectivity index (χ1) is 37.8. The summed E-state index contributed by atoms with van der Waals surface area (Å²) in [7, 11) is 0. The van der Waals surface area contributed by atoms with Crippen molar-refractivity contribution in [3.05, 3.63) is 159 Å². The highest BCUT2D eigenvalue weighted by atomic mass is 16.5. The molecule has 8 rings (SSSR count). The molecule has 1 aromatic heterocycles. The molecule has 2 heterocycles. The van der Waals surface area contributed by atoms with E-state index >= 15 is 9.59 Å². The first-order valence-corrected chi connectivity index (χ1v) is 29.4. The smallest absolute Gasteiger partial charge is 0.342 e. The van der Waals surface area contributed by atoms with Gasteiger partial charge in [-0.2, -0.15) is 0 Å². The van der Waals surface area contributed by atoms with E-state index in [0.717, 1.165) is 47.9 Å². The summed E-state index contributed by atoms with van der Waals surface area (Å²) < 4.78 is 14.1. The molecule has 0 bridgehead atoms. The molecule has 3 aliphatic rings. The second-order valence-electron chi connectivity index (χ2n) is 28.5. The van der Waals surface area contributed by atoms with Crippen LogP contribution in [0.3, 0.4) is 0 Å². The lowest BCUT2D eigenvalue weighted by Gasteiger charge is -2.50. The quantitative estimate of drug-likeness (QED) is 0.119. The maximum Gasteiger partial charge on any atom is 0.342 e. The summed E-state index contributed by atoms with van der Waals surface area (Å²) in [6, 6.07) is 30.5. The molecule has 10 heteroatoms. The van der Waals surface area contributed by atoms with E-state index < -0.39 is 36.0 Å². The van der Waals surface area contributed by atoms with E-state index in [1.165, 1.54) is 0 Å². The van der Waals surface area contributed by atoms with Crippen LogP contribution in [0.25, 0.3) is 22.8 Å². The normalized spacial score (nSPS) is 23.2. The number of hydrogen-bond donors (Lipinski definition) is 3. The van der Waals surface area contributed by atoms with Gasteiger partial charge in [0.05, 0.1) is 11.4 Å². The molecule has 4 atom stereocenters. The fourth-order valence-corrected chi connectivity index (χ4v) is 13.3. The van der Waals surface area contributed by atoms with Gasteiger partial charge in [-0.25, -0.2) is 14.6 Å². The molecule has 1 aliphatic heterocycles. The summed E-state index contributed by atoms with van der Waals surface area (Å²) in [6.45, 7) is 39.1. The number of nitrogens with one attached hydrogen (secondary N) is 3. The SMILES string of the molecule is Cc1ccc(C(=O)NC2=NC(=Cc3[nH]c(NC(=O)c4ccc(C)cc4C)c(C(=O)OC4C(C(C)(C)C)CC(C)CC4C(C)(C)C)c3-c3ccccc3)C(c3ccccc3)=C2C(=O)OC2C(C(C)(C)C)CC(C)CC2C(C)(C)C)c(C)c1. The molecule has 3 N–H and O–H groups in total. The molecule has 4 aromatic carbocycles. The lowest BCUT2D eigenvalue weighted by atomic mass is 9.59. The highest BCUT2D eigenvalue weighted by Gasteiger charge is 2.51. The van der Waals surface area contributed by atoms with Crippen LogP contribution in [-0.4, -0.2) is 46.8 Å². The number of aromatic nitrogens is 1. The lowest BCUT2D eigenvalue weighted by molar-refractivity contribution is -0.164. The Morgan fingerprint density at radius 2 is 0.951 bits per heavy atom. The van der Waals surface area contributed by atoms with Crippen LogP contribution in [-0.2, 0) is 14.3 Å². The Labute approximate surface area is 483 Å². The number of amides is 2. The fraction of sp³-hybridized carbons (Fsp3) is 0.479. The number of aliphatic imine (C=N–C) groups is 1. The molecule has 0 spiro atoms. The summed E-state index contributed by atoms with van der Waals surface area (Å²) in [6.07, 6.45) is 4.50. The van der Waals surface area contributed by atoms with Crippen LogP contribution in [0, 0.1) is 84.9 Å². The molecule has 2 saturated carbocycles. The molecule has 10 nitrogen and oxygen atoms in total. The number of benzene rings is 4. The minimum atomic E-state index is -0.593. The van der Waals surface area contributed by atoms with Crippen LogP contribution in [0.4, 0.5) is 5.82 Å². The number of ether oxygens (including phenoxy) is 2. The summed E-state index contributed by atoms with van der Waals surface area (Å²) in [5.74, 6) is -0.797. The minimum Gasteiger partial charge on any atom is -0.458 e. The van der Waals surface area contributed by atoms with Crippen LogP contribution in [0.1, 0.15) is 187 Å². The van der Waals surface area contributed by atoms with E-state index in [-0.39, 0.29) is 68.1 Å². The Morgan fingerprint density at radius 1 is 0.543 bits per heavy atom. The number of nitrogens with zero attached hydrogens (tertiary/aromatic N) is 1. The Bertz CT molecular complexity index is 3230. The monoisotopic (exact) mass is 1090 g/mol. The molecule has 2 aliphatic carbocycles. The standard InChI is InChI=1S/C71H90N4O6/c1-40-29-31-48(44(5)33-40)64(76)74-62-58(66(78)80-60-50(68(7,8)9)35-42(3)36-51(60)69(10,11)12)56(46-25-21-19-22-26-46)54(72-62)39-55-57(47-27-23-20-24-28-47)59(63(73-55)75-65(77)49-32-30-41(2)34-45(49)6)67(79)81-61-52(70(13,14)15)37-43(4)38-53(61)71(16,17)18/h19-34,39,42-43,50-53,60-61,72H,35-38H2,1-18H3,(H,74,76)(H,73,75,77). The number of esters is 2. The molecule has 81 heavy (non-hydrogen) atoms. The average molecular weight is 1100 g/mol. The first kappa shape index (κ1) is 60.3. The largest absolute Gasteiger partial charge is 0.458 e. The van der Waals surface area contributed by atoms with Crippen molar-refractivity contribution >= 4 is 47.1 Å². The number of carbonyl (C=O) groups is 4. The number of carbonyl (C=O) groups excluding carboxylic acids is 4. The van der Waals surface area contributed by atoms with Crippen LogP contribution >= 0.6 is 0 Å². The highest BCUT2D eigenvalue weighted by Crippen LogP contribution is 2.52. The molecule has 2 amide bonds. The van der Waals surface area contributed by atoms with E-state index in [1.807, 2.05) is 119 Å². The molecule has 430 valence electrons. The molecular formula is C71H90N4O6. The third-order valence-electron chi connectivity index (χ3n) is 17.7. The number of allylic oxidation sites excluding steroid dienone is 1. The van der Waals surface area contributed by atoms with E-state index in [9.17, 15) is 9.59 Å². The third kappa shape index (κ3) is 13.3. The molecule has 4 unspecified atom stereocenters. The molecule has 5 aromatic rings. The number of amidine groups is 1. The number of aromatic amines is 1. The van der Waals surface area contributed by atoms with Gasteiger partial charge in [0.2, 0.25) is 0 Å². The zero-order valence-electron chi connectivity index (χ0n) is 51.7. The molecule has 0 radical (unpaired) electrons. The minimum absolute atomic E-state index is 0.0361. The first-order valence-electron chi connectivity index (χ1n) is 29.4. The van der Waals surface area contributed by atoms with Gasteiger partial charge < -0.3 is 25.1 Å². The van der Waals surface area contributed by atoms with Crippen LogP contribution in [0.15, 0.2) is 113 Å². The van der Waals surface area contributed by atoms with Crippen molar-refractivity contribution in [2.24, 2.45) is 62.2 Å². The van der Waals surface area contributed by atoms with Crippen molar-refractivity contribution < 1.29 is 28.7 Å². The Hall–Kier alpha value is -6.81. The van der Waals surface area contributed by atoms with E-state index in [0.29, 0.717) is 56.6 Å². The zero-order chi connectivity index (χ0) is 59.3. The van der Waals surface area contributed by atoms with Crippen molar-refractivity contribution in [1.29, 1.82) is 0 Å². The second kappa shape index (κ2) is 23.2. The zero-order valence-corrected chi connectivity index (χ0v) is 51.7. The second-order valence-corrected chi connectivity index (χ2v) is 28.5. The summed E-state index contributed by atoms with van der Waals surface area (Å²) in [5, 5.41) is 6.28. The third-order valence-corrected chi connectivity index (χ3v) is 17.7. The highest BCUT2D eigenvalue weighted by molar-refractivity contribution is 6.32. The fourth-order valence-electron chi connectivity index (χ4n) is 13.3. The van der Waals surface area contributed by atoms with Crippen molar-refractivity contribution in [3.8, 4) is 11.1 Å². The van der Waals surface area contributed by atoms with Crippen molar-refractivity contribution in [1.82, 2.24) is 10.3 Å². The summed E-state index contributed by atoms with van der Waals surface area (Å²) in [4.78, 5) is 69.9. The van der Waals surface area contributed by atoms with Crippen LogP contribution in [0.5, 0.6) is 0 Å². The topological polar surface area (TPSA) is 139 Å². The predicted octanol–water partition coefficient (Wildman–Crippen LogP) is 16.8. The average Bonchev–Trinajstić information content (AvgIpc) is 4.18. The maximum atomic E-state index is 15.9. The van der Waals surface area contributed by atoms with Gasteiger partial charge in [0.25, 0.3) is 11.8 Å². The number of H-pyrrole nitrogens is 1. The number of hydrogen-bond acceptors (Lipinski definition) is 7. The maximum absolute atomic E-state index is 15.9. The van der Waals surface area contributed by atoms with Gasteiger partial charge in [0, 0.05) is 45.9 Å². The summed E-state index contributed by atoms with van der Waals surface area (Å²) >= 11 is 0. The van der Waals surface area contributed by atoms with Crippen molar-refractivity contribution in [3.63, 3.8) is 0 Å². The Balaban J connectivity index is 1.39. The van der Waals surface area contributed by atoms with Gasteiger partial charge in [-0.05, 0) is 127 Å². The molecule has 0 saturated heterocycles. The van der Waals surface area contributed by atoms with Crippen molar-refractivity contribution in [2.75, 3.05) is 5.32 Å². The van der Waals surface area contributed by atoms with Crippen LogP contribution in [0.2, 0.25) is 0 Å². The van der Waals surface area contributed by atoms with Gasteiger partial charge in [0.1, 0.15) is 35.0 Å². The van der Waals surface area contributed by atoms with E-state index in [1.54, 1.807) is 12.1 Å². The van der Waals surface area contributed by atoms with Gasteiger partial charge in [-0.3, -0.25) is 9.59 Å². The molecular weight excluding hydrogens is 1000 g/mol. The van der Waals surface area contributed by atoms with E-state index in [2.05, 4.69) is 113 Å². The van der Waals surface area contributed by atoms with Crippen LogP contribution < -0.4 is 10.6 Å². The Kier molecular flexibility index (Phi) is 17.3. The van der Waals surface area contributed by atoms with E-state index in [4.69, 9.17) is 14.5 Å². The number of aryl methyl sites for hydroxylation is 4. The number of anilines is 1. The van der Waals surface area contributed by atoms with Gasteiger partial charge in [-0.15, -0.1) is 0 Å². The van der Waals surface area contributed by atoms with Gasteiger partial charge >= 0.3 is 11.9 Å². The van der Waals surface area contributed by atoms with Gasteiger partial charge in [-0.1, -0.05) is 193 Å². The Morgan fingerprint density at radius 3 is 1.37 bits per heavy atom.